The number of hydrogen-bond donors (Lipinski definition) is 1. The normalized spacial score (nSPS) is 12.9. The molecule has 0 unspecified atom stereocenters. The highest BCUT2D eigenvalue weighted by Crippen LogP contribution is 2.36. The van der Waals surface area contributed by atoms with Crippen molar-refractivity contribution in [3.05, 3.63) is 0 Å². The van der Waals surface area contributed by atoms with Crippen molar-refractivity contribution in [2.24, 2.45) is 10.8 Å². The van der Waals surface area contributed by atoms with E-state index in [2.05, 4.69) is 39.9 Å². The summed E-state index contributed by atoms with van der Waals surface area (Å²) in [7, 11) is 0. The Balaban J connectivity index is 3.72. The van der Waals surface area contributed by atoms with E-state index < -0.39 is 0 Å². The van der Waals surface area contributed by atoms with Crippen LogP contribution >= 0.6 is 0 Å². The molecule has 0 bridgehead atoms. The second kappa shape index (κ2) is 5.64. The minimum absolute atomic E-state index is 0.281. The second-order valence-electron chi connectivity index (χ2n) is 6.12. The van der Waals surface area contributed by atoms with Gasteiger partial charge in [-0.05, 0) is 30.7 Å². The van der Waals surface area contributed by atoms with Crippen molar-refractivity contribution in [2.75, 3.05) is 13.1 Å². The van der Waals surface area contributed by atoms with Crippen molar-refractivity contribution in [3.8, 4) is 0 Å². The zero-order valence-electron chi connectivity index (χ0n) is 11.2. The van der Waals surface area contributed by atoms with Crippen LogP contribution in [0.3, 0.4) is 0 Å². The molecule has 0 saturated carbocycles. The van der Waals surface area contributed by atoms with E-state index in [0.29, 0.717) is 11.8 Å². The summed E-state index contributed by atoms with van der Waals surface area (Å²) >= 11 is 0. The fraction of sp³-hybridized carbons (Fsp3) is 0.923. The molecule has 0 saturated heterocycles. The van der Waals surface area contributed by atoms with Crippen LogP contribution in [-0.2, 0) is 4.79 Å². The van der Waals surface area contributed by atoms with Gasteiger partial charge in [-0.2, -0.15) is 0 Å². The summed E-state index contributed by atoms with van der Waals surface area (Å²) in [5, 5.41) is 3.44. The van der Waals surface area contributed by atoms with Gasteiger partial charge >= 0.3 is 0 Å². The van der Waals surface area contributed by atoms with E-state index in [0.717, 1.165) is 19.5 Å². The molecule has 0 aliphatic heterocycles. The highest BCUT2D eigenvalue weighted by Gasteiger charge is 2.31. The summed E-state index contributed by atoms with van der Waals surface area (Å²) in [5.41, 5.74) is 0.587. The van der Waals surface area contributed by atoms with Gasteiger partial charge in [0.1, 0.15) is 5.78 Å². The Morgan fingerprint density at radius 3 is 2.07 bits per heavy atom. The van der Waals surface area contributed by atoms with Gasteiger partial charge in [-0.3, -0.25) is 0 Å². The van der Waals surface area contributed by atoms with Crippen LogP contribution in [0.1, 0.15) is 54.4 Å². The molecule has 0 heterocycles. The number of carbonyl (C=O) groups is 1. The van der Waals surface area contributed by atoms with E-state index in [4.69, 9.17) is 0 Å². The molecule has 0 fully saturated rings. The van der Waals surface area contributed by atoms with E-state index in [1.165, 1.54) is 0 Å². The van der Waals surface area contributed by atoms with Crippen LogP contribution in [0.15, 0.2) is 0 Å². The number of ketones is 1. The van der Waals surface area contributed by atoms with Gasteiger partial charge in [0.05, 0.1) is 0 Å². The molecule has 0 aliphatic carbocycles. The predicted molar refractivity (Wildman–Crippen MR) is 66.0 cm³/mol. The van der Waals surface area contributed by atoms with Gasteiger partial charge in [-0.25, -0.2) is 0 Å². The molecule has 1 N–H and O–H groups in total. The molecule has 90 valence electrons. The first-order valence-corrected chi connectivity index (χ1v) is 5.87. The van der Waals surface area contributed by atoms with Crippen molar-refractivity contribution in [3.63, 3.8) is 0 Å². The van der Waals surface area contributed by atoms with Crippen molar-refractivity contribution in [1.29, 1.82) is 0 Å². The summed E-state index contributed by atoms with van der Waals surface area (Å²) in [6.07, 6.45) is 1.65. The van der Waals surface area contributed by atoms with Gasteiger partial charge in [0, 0.05) is 13.0 Å². The van der Waals surface area contributed by atoms with E-state index in [1.807, 2.05) is 0 Å². The molecule has 0 atom stereocenters. The smallest absolute Gasteiger partial charge is 0.129 e. The van der Waals surface area contributed by atoms with Crippen molar-refractivity contribution >= 4 is 5.78 Å². The summed E-state index contributed by atoms with van der Waals surface area (Å²) in [5.74, 6) is 0.284. The minimum atomic E-state index is 0.281. The van der Waals surface area contributed by atoms with Crippen LogP contribution < -0.4 is 5.32 Å². The number of rotatable bonds is 6. The Morgan fingerprint density at radius 2 is 1.67 bits per heavy atom. The first-order chi connectivity index (χ1) is 6.67. The van der Waals surface area contributed by atoms with Crippen molar-refractivity contribution in [2.45, 2.75) is 54.4 Å². The third-order valence-electron chi connectivity index (χ3n) is 3.48. The molecule has 0 radical (unpaired) electrons. The lowest BCUT2D eigenvalue weighted by Crippen LogP contribution is -2.39. The van der Waals surface area contributed by atoms with Gasteiger partial charge < -0.3 is 10.1 Å². The molecular formula is C13H27NO. The number of hydrogen-bond acceptors (Lipinski definition) is 2. The van der Waals surface area contributed by atoms with Gasteiger partial charge in [-0.1, -0.05) is 34.6 Å². The number of carbonyl (C=O) groups excluding carboxylic acids is 1. The monoisotopic (exact) mass is 213 g/mol. The van der Waals surface area contributed by atoms with E-state index in [9.17, 15) is 4.79 Å². The predicted octanol–water partition coefficient (Wildman–Crippen LogP) is 3.02. The SMILES string of the molecule is CC(=O)CCCNCC(C)(C)C(C)(C)C. The molecule has 0 aromatic carbocycles. The third-order valence-corrected chi connectivity index (χ3v) is 3.48. The quantitative estimate of drug-likeness (QED) is 0.687. The molecule has 0 spiro atoms. The maximum atomic E-state index is 10.7. The van der Waals surface area contributed by atoms with E-state index in [1.54, 1.807) is 6.92 Å². The van der Waals surface area contributed by atoms with Gasteiger partial charge in [-0.15, -0.1) is 0 Å². The van der Waals surface area contributed by atoms with Crippen LogP contribution in [0.5, 0.6) is 0 Å². The Bertz CT molecular complexity index is 201. The summed E-state index contributed by atoms with van der Waals surface area (Å²) in [6, 6.07) is 0. The summed E-state index contributed by atoms with van der Waals surface area (Å²) in [6.45, 7) is 15.0. The van der Waals surface area contributed by atoms with Gasteiger partial charge in [0.2, 0.25) is 0 Å². The van der Waals surface area contributed by atoms with Crippen LogP contribution in [0.4, 0.5) is 0 Å². The lowest BCUT2D eigenvalue weighted by Gasteiger charge is -2.39. The number of Topliss-reactive ketones (excluding diaryl/α,β-unsaturated/α-hetero) is 1. The van der Waals surface area contributed by atoms with E-state index in [-0.39, 0.29) is 11.2 Å². The summed E-state index contributed by atoms with van der Waals surface area (Å²) < 4.78 is 0. The van der Waals surface area contributed by atoms with Crippen LogP contribution in [0.2, 0.25) is 0 Å². The standard InChI is InChI=1S/C13H27NO/c1-11(15)8-7-9-14-10-13(5,6)12(2,3)4/h14H,7-10H2,1-6H3. The molecule has 2 heteroatoms. The van der Waals surface area contributed by atoms with Crippen LogP contribution in [0.25, 0.3) is 0 Å². The highest BCUT2D eigenvalue weighted by atomic mass is 16.1. The fourth-order valence-corrected chi connectivity index (χ4v) is 1.13. The number of nitrogens with one attached hydrogen (secondary N) is 1. The largest absolute Gasteiger partial charge is 0.316 e. The van der Waals surface area contributed by atoms with Crippen LogP contribution in [-0.4, -0.2) is 18.9 Å². The maximum absolute atomic E-state index is 10.7. The fourth-order valence-electron chi connectivity index (χ4n) is 1.13. The first kappa shape index (κ1) is 14.6. The Hall–Kier alpha value is -0.370. The molecule has 0 aromatic heterocycles. The minimum Gasteiger partial charge on any atom is -0.316 e. The Kier molecular flexibility index (Phi) is 5.50. The first-order valence-electron chi connectivity index (χ1n) is 5.87. The lowest BCUT2D eigenvalue weighted by atomic mass is 9.69. The molecule has 0 amide bonds. The van der Waals surface area contributed by atoms with Crippen molar-refractivity contribution in [1.82, 2.24) is 5.32 Å². The third kappa shape index (κ3) is 5.93. The van der Waals surface area contributed by atoms with Gasteiger partial charge in [0.25, 0.3) is 0 Å². The zero-order valence-corrected chi connectivity index (χ0v) is 11.2. The molecule has 0 rings (SSSR count). The van der Waals surface area contributed by atoms with Gasteiger partial charge in [0.15, 0.2) is 0 Å². The molecule has 0 aliphatic rings. The summed E-state index contributed by atoms with van der Waals surface area (Å²) in [4.78, 5) is 10.7. The molecular weight excluding hydrogens is 186 g/mol. The topological polar surface area (TPSA) is 29.1 Å². The Labute approximate surface area is 94.8 Å². The highest BCUT2D eigenvalue weighted by molar-refractivity contribution is 5.75. The van der Waals surface area contributed by atoms with E-state index >= 15 is 0 Å². The Morgan fingerprint density at radius 1 is 1.13 bits per heavy atom. The molecule has 15 heavy (non-hydrogen) atoms. The van der Waals surface area contributed by atoms with Crippen molar-refractivity contribution < 1.29 is 4.79 Å². The zero-order chi connectivity index (χ0) is 12.1. The molecule has 2 nitrogen and oxygen atoms in total. The van der Waals surface area contributed by atoms with Crippen LogP contribution in [0, 0.1) is 10.8 Å². The average Bonchev–Trinajstić information content (AvgIpc) is 2.00. The molecule has 0 aromatic rings. The lowest BCUT2D eigenvalue weighted by molar-refractivity contribution is -0.117. The second-order valence-corrected chi connectivity index (χ2v) is 6.12. The average molecular weight is 213 g/mol. The maximum Gasteiger partial charge on any atom is 0.129 e.